The van der Waals surface area contributed by atoms with Crippen molar-refractivity contribution in [3.63, 3.8) is 0 Å². The molecule has 0 aliphatic carbocycles. The Morgan fingerprint density at radius 3 is 2.57 bits per heavy atom. The van der Waals surface area contributed by atoms with Gasteiger partial charge >= 0.3 is 0 Å². The third kappa shape index (κ3) is 2.79. The van der Waals surface area contributed by atoms with E-state index in [4.69, 9.17) is 5.11 Å². The van der Waals surface area contributed by atoms with Crippen molar-refractivity contribution in [1.29, 1.82) is 0 Å². The number of nitrogens with zero attached hydrogens (tertiary/aromatic N) is 2. The molecule has 2 aromatic rings. The maximum absolute atomic E-state index is 12.1. The first-order chi connectivity index (χ1) is 10.2. The van der Waals surface area contributed by atoms with Crippen molar-refractivity contribution >= 4 is 5.91 Å². The molecule has 0 spiro atoms. The second-order valence-corrected chi connectivity index (χ2v) is 5.15. The number of aliphatic hydroxyl groups is 2. The minimum Gasteiger partial charge on any atom is -0.392 e. The third-order valence-corrected chi connectivity index (χ3v) is 3.58. The van der Waals surface area contributed by atoms with Gasteiger partial charge in [0.05, 0.1) is 18.4 Å². The number of benzene rings is 1. The highest BCUT2D eigenvalue weighted by Crippen LogP contribution is 2.20. The van der Waals surface area contributed by atoms with Crippen LogP contribution in [0.2, 0.25) is 0 Å². The van der Waals surface area contributed by atoms with Gasteiger partial charge in [0, 0.05) is 30.4 Å². The van der Waals surface area contributed by atoms with E-state index >= 15 is 0 Å². The van der Waals surface area contributed by atoms with Gasteiger partial charge in [-0.1, -0.05) is 12.1 Å². The molecule has 5 nitrogen and oxygen atoms in total. The largest absolute Gasteiger partial charge is 0.392 e. The fourth-order valence-corrected chi connectivity index (χ4v) is 2.32. The van der Waals surface area contributed by atoms with E-state index in [0.717, 1.165) is 16.8 Å². The number of hydrogen-bond acceptors (Lipinski definition) is 4. The van der Waals surface area contributed by atoms with Crippen LogP contribution >= 0.6 is 0 Å². The zero-order valence-corrected chi connectivity index (χ0v) is 11.4. The van der Waals surface area contributed by atoms with Gasteiger partial charge in [0.15, 0.2) is 0 Å². The summed E-state index contributed by atoms with van der Waals surface area (Å²) in [4.78, 5) is 18.0. The van der Waals surface area contributed by atoms with Gasteiger partial charge in [-0.3, -0.25) is 9.78 Å². The fourth-order valence-electron chi connectivity index (χ4n) is 2.32. The Morgan fingerprint density at radius 2 is 1.95 bits per heavy atom. The smallest absolute Gasteiger partial charge is 0.254 e. The molecule has 1 aromatic carbocycles. The molecule has 1 aliphatic heterocycles. The van der Waals surface area contributed by atoms with Crippen molar-refractivity contribution in [2.75, 3.05) is 13.1 Å². The summed E-state index contributed by atoms with van der Waals surface area (Å²) in [5, 5.41) is 18.4. The summed E-state index contributed by atoms with van der Waals surface area (Å²) in [7, 11) is 0. The molecule has 1 aliphatic rings. The van der Waals surface area contributed by atoms with Gasteiger partial charge in [0.2, 0.25) is 0 Å². The number of hydrogen-bond donors (Lipinski definition) is 2. The predicted octanol–water partition coefficient (Wildman–Crippen LogP) is 1.06. The highest BCUT2D eigenvalue weighted by Gasteiger charge is 2.29. The van der Waals surface area contributed by atoms with E-state index in [1.807, 2.05) is 18.2 Å². The van der Waals surface area contributed by atoms with Gasteiger partial charge < -0.3 is 15.1 Å². The number of likely N-dealkylation sites (tertiary alicyclic amines) is 1. The Morgan fingerprint density at radius 1 is 1.24 bits per heavy atom. The number of pyridine rings is 1. The van der Waals surface area contributed by atoms with Gasteiger partial charge in [0.25, 0.3) is 5.91 Å². The van der Waals surface area contributed by atoms with Crippen LogP contribution in [-0.2, 0) is 6.61 Å². The molecular formula is C16H16N2O3. The lowest BCUT2D eigenvalue weighted by atomic mass is 10.0. The van der Waals surface area contributed by atoms with Gasteiger partial charge in [-0.05, 0) is 29.8 Å². The molecule has 3 rings (SSSR count). The van der Waals surface area contributed by atoms with Crippen LogP contribution in [0.5, 0.6) is 0 Å². The molecule has 0 unspecified atom stereocenters. The molecule has 1 aromatic heterocycles. The van der Waals surface area contributed by atoms with E-state index in [1.165, 1.54) is 0 Å². The van der Waals surface area contributed by atoms with Crippen molar-refractivity contribution in [2.45, 2.75) is 12.7 Å². The van der Waals surface area contributed by atoms with E-state index < -0.39 is 6.10 Å². The summed E-state index contributed by atoms with van der Waals surface area (Å²) in [5.41, 5.74) is 3.06. The first-order valence-electron chi connectivity index (χ1n) is 6.81. The summed E-state index contributed by atoms with van der Waals surface area (Å²) in [6, 6.07) is 10.8. The lowest BCUT2D eigenvalue weighted by Crippen LogP contribution is -2.53. The van der Waals surface area contributed by atoms with E-state index in [9.17, 15) is 9.90 Å². The van der Waals surface area contributed by atoms with E-state index in [2.05, 4.69) is 4.98 Å². The van der Waals surface area contributed by atoms with Crippen LogP contribution in [0.15, 0.2) is 42.6 Å². The van der Waals surface area contributed by atoms with Crippen LogP contribution in [0.25, 0.3) is 11.3 Å². The summed E-state index contributed by atoms with van der Waals surface area (Å²) < 4.78 is 0. The molecule has 21 heavy (non-hydrogen) atoms. The molecule has 1 saturated heterocycles. The average Bonchev–Trinajstić information content (AvgIpc) is 2.51. The molecule has 2 N–H and O–H groups in total. The third-order valence-electron chi connectivity index (χ3n) is 3.58. The van der Waals surface area contributed by atoms with Crippen LogP contribution in [0, 0.1) is 0 Å². The van der Waals surface area contributed by atoms with Crippen LogP contribution in [-0.4, -0.2) is 45.2 Å². The van der Waals surface area contributed by atoms with Crippen molar-refractivity contribution in [2.24, 2.45) is 0 Å². The molecule has 0 radical (unpaired) electrons. The fraction of sp³-hybridized carbons (Fsp3) is 0.250. The average molecular weight is 284 g/mol. The number of aliphatic hydroxyl groups excluding tert-OH is 2. The zero-order valence-electron chi connectivity index (χ0n) is 11.4. The Labute approximate surface area is 122 Å². The van der Waals surface area contributed by atoms with Gasteiger partial charge in [-0.15, -0.1) is 0 Å². The number of β-amino-alcohol motifs (C(OH)–C–C–N with tert-alkyl or cyclic N) is 1. The Balaban J connectivity index is 1.78. The summed E-state index contributed by atoms with van der Waals surface area (Å²) >= 11 is 0. The van der Waals surface area contributed by atoms with E-state index in [-0.39, 0.29) is 12.5 Å². The van der Waals surface area contributed by atoms with Crippen LogP contribution < -0.4 is 0 Å². The normalized spacial score (nSPS) is 14.9. The summed E-state index contributed by atoms with van der Waals surface area (Å²) in [6.45, 7) is 0.782. The number of carbonyl (C=O) groups excluding carboxylic acids is 1. The minimum atomic E-state index is -0.390. The van der Waals surface area contributed by atoms with E-state index in [0.29, 0.717) is 18.7 Å². The van der Waals surface area contributed by atoms with Gasteiger partial charge in [-0.2, -0.15) is 0 Å². The molecular weight excluding hydrogens is 268 g/mol. The molecule has 1 fully saturated rings. The number of carbonyl (C=O) groups is 1. The summed E-state index contributed by atoms with van der Waals surface area (Å²) in [6.07, 6.45) is 1.26. The molecule has 0 atom stereocenters. The Hall–Kier alpha value is -2.24. The standard InChI is InChI=1S/C16H16N2O3/c19-10-11-5-6-17-15(7-11)12-1-3-13(4-2-12)16(21)18-8-14(20)9-18/h1-7,14,19-20H,8-10H2. The molecule has 2 heterocycles. The first kappa shape index (κ1) is 13.7. The maximum Gasteiger partial charge on any atom is 0.254 e. The number of rotatable bonds is 3. The second-order valence-electron chi connectivity index (χ2n) is 5.15. The Kier molecular flexibility index (Phi) is 3.68. The minimum absolute atomic E-state index is 0.0244. The maximum atomic E-state index is 12.1. The van der Waals surface area contributed by atoms with Gasteiger partial charge in [0.1, 0.15) is 0 Å². The molecule has 1 amide bonds. The lowest BCUT2D eigenvalue weighted by molar-refractivity contribution is 0.00590. The quantitative estimate of drug-likeness (QED) is 0.884. The Bertz CT molecular complexity index is 649. The topological polar surface area (TPSA) is 73.7 Å². The predicted molar refractivity (Wildman–Crippen MR) is 77.5 cm³/mol. The van der Waals surface area contributed by atoms with Crippen molar-refractivity contribution in [3.8, 4) is 11.3 Å². The van der Waals surface area contributed by atoms with Crippen molar-refractivity contribution in [1.82, 2.24) is 9.88 Å². The molecule has 0 bridgehead atoms. The number of aromatic nitrogens is 1. The second kappa shape index (κ2) is 5.63. The SMILES string of the molecule is O=C(c1ccc(-c2cc(CO)ccn2)cc1)N1CC(O)C1. The van der Waals surface area contributed by atoms with Crippen molar-refractivity contribution < 1.29 is 15.0 Å². The molecule has 5 heteroatoms. The van der Waals surface area contributed by atoms with Crippen LogP contribution in [0.4, 0.5) is 0 Å². The first-order valence-corrected chi connectivity index (χ1v) is 6.81. The van der Waals surface area contributed by atoms with Crippen LogP contribution in [0.3, 0.4) is 0 Å². The van der Waals surface area contributed by atoms with E-state index in [1.54, 1.807) is 29.3 Å². The van der Waals surface area contributed by atoms with Gasteiger partial charge in [-0.25, -0.2) is 0 Å². The van der Waals surface area contributed by atoms with Crippen molar-refractivity contribution in [3.05, 3.63) is 53.7 Å². The number of amides is 1. The highest BCUT2D eigenvalue weighted by atomic mass is 16.3. The summed E-state index contributed by atoms with van der Waals surface area (Å²) in [5.74, 6) is -0.0658. The molecule has 0 saturated carbocycles. The monoisotopic (exact) mass is 284 g/mol. The van der Waals surface area contributed by atoms with Crippen LogP contribution in [0.1, 0.15) is 15.9 Å². The molecule has 108 valence electrons. The zero-order chi connectivity index (χ0) is 14.8. The lowest BCUT2D eigenvalue weighted by Gasteiger charge is -2.35. The highest BCUT2D eigenvalue weighted by molar-refractivity contribution is 5.95.